The minimum absolute atomic E-state index is 0.289. The molecule has 6 nitrogen and oxygen atoms in total. The topological polar surface area (TPSA) is 65.3 Å². The van der Waals surface area contributed by atoms with Crippen molar-refractivity contribution in [2.45, 2.75) is 13.5 Å². The predicted molar refractivity (Wildman–Crippen MR) is 174 cm³/mol. The van der Waals surface area contributed by atoms with Crippen molar-refractivity contribution in [2.24, 2.45) is 5.10 Å². The molecule has 0 spiro atoms. The molecule has 0 atom stereocenters. The maximum atomic E-state index is 13.8. The molecule has 7 rings (SSSR count). The summed E-state index contributed by atoms with van der Waals surface area (Å²) < 4.78 is 10.6. The summed E-state index contributed by atoms with van der Waals surface area (Å²) in [5.41, 5.74) is 4.79. The van der Waals surface area contributed by atoms with Gasteiger partial charge in [-0.2, -0.15) is 9.78 Å². The number of para-hydroxylation sites is 2. The summed E-state index contributed by atoms with van der Waals surface area (Å²) in [5, 5.41) is 8.29. The van der Waals surface area contributed by atoms with Crippen molar-refractivity contribution in [3.63, 3.8) is 0 Å². The highest BCUT2D eigenvalue weighted by Gasteiger charge is 2.18. The standard InChI is InChI=1S/C33H21BrCl2N4O2/c1-19-26(24-6-3-5-9-29(24)39(19)18-20-10-12-23(35)16-27(20)36)17-37-40-32(38-28-8-4-2-7-25(28)33(40)41)31-15-21-14-22(34)11-13-30(21)42-31/h2-17H,18H2,1H3. The van der Waals surface area contributed by atoms with E-state index in [9.17, 15) is 4.79 Å². The quantitative estimate of drug-likeness (QED) is 0.174. The van der Waals surface area contributed by atoms with Crippen molar-refractivity contribution < 1.29 is 4.42 Å². The Balaban J connectivity index is 1.40. The Labute approximate surface area is 258 Å². The van der Waals surface area contributed by atoms with Crippen molar-refractivity contribution in [2.75, 3.05) is 0 Å². The fraction of sp³-hybridized carbons (Fsp3) is 0.0606. The normalized spacial score (nSPS) is 11.9. The molecule has 206 valence electrons. The fourth-order valence-corrected chi connectivity index (χ4v) is 6.12. The van der Waals surface area contributed by atoms with Crippen LogP contribution in [0.4, 0.5) is 0 Å². The third kappa shape index (κ3) is 4.64. The zero-order valence-corrected chi connectivity index (χ0v) is 25.3. The Morgan fingerprint density at radius 3 is 2.57 bits per heavy atom. The maximum absolute atomic E-state index is 13.8. The van der Waals surface area contributed by atoms with Crippen LogP contribution in [0.3, 0.4) is 0 Å². The van der Waals surface area contributed by atoms with E-state index in [2.05, 4.69) is 26.6 Å². The monoisotopic (exact) mass is 654 g/mol. The summed E-state index contributed by atoms with van der Waals surface area (Å²) in [5.74, 6) is 0.760. The van der Waals surface area contributed by atoms with Crippen LogP contribution in [0.25, 0.3) is 44.4 Å². The van der Waals surface area contributed by atoms with E-state index < -0.39 is 0 Å². The molecular formula is C33H21BrCl2N4O2. The Bertz CT molecular complexity index is 2270. The summed E-state index contributed by atoms with van der Waals surface area (Å²) in [6.07, 6.45) is 1.72. The Hall–Kier alpha value is -4.17. The first-order chi connectivity index (χ1) is 20.4. The van der Waals surface area contributed by atoms with Crippen molar-refractivity contribution in [1.82, 2.24) is 14.2 Å². The SMILES string of the molecule is Cc1c(C=Nn2c(-c3cc4cc(Br)ccc4o3)nc3ccccc3c2=O)c2ccccc2n1Cc1ccc(Cl)cc1Cl. The lowest BCUT2D eigenvalue weighted by Gasteiger charge is -2.10. The molecule has 0 bridgehead atoms. The van der Waals surface area contributed by atoms with E-state index >= 15 is 0 Å². The summed E-state index contributed by atoms with van der Waals surface area (Å²) in [6.45, 7) is 2.58. The van der Waals surface area contributed by atoms with Gasteiger partial charge in [-0.05, 0) is 67.1 Å². The van der Waals surface area contributed by atoms with Crippen molar-refractivity contribution in [3.05, 3.63) is 133 Å². The third-order valence-corrected chi connectivity index (χ3v) is 8.46. The first-order valence-electron chi connectivity index (χ1n) is 13.1. The molecule has 3 heterocycles. The number of benzene rings is 4. The van der Waals surface area contributed by atoms with Crippen LogP contribution in [0.15, 0.2) is 110 Å². The predicted octanol–water partition coefficient (Wildman–Crippen LogP) is 9.07. The second-order valence-corrected chi connectivity index (χ2v) is 11.7. The van der Waals surface area contributed by atoms with Gasteiger partial charge in [0.25, 0.3) is 5.56 Å². The van der Waals surface area contributed by atoms with Gasteiger partial charge in [-0.15, -0.1) is 0 Å². The molecule has 4 aromatic carbocycles. The molecule has 3 aromatic heterocycles. The summed E-state index contributed by atoms with van der Waals surface area (Å²) >= 11 is 16.2. The Morgan fingerprint density at radius 1 is 0.952 bits per heavy atom. The average Bonchev–Trinajstić information content (AvgIpc) is 3.52. The lowest BCUT2D eigenvalue weighted by atomic mass is 10.1. The Kier molecular flexibility index (Phi) is 6.73. The van der Waals surface area contributed by atoms with Crippen molar-refractivity contribution in [3.8, 4) is 11.6 Å². The maximum Gasteiger partial charge on any atom is 0.282 e. The minimum Gasteiger partial charge on any atom is -0.453 e. The van der Waals surface area contributed by atoms with Crippen molar-refractivity contribution in [1.29, 1.82) is 0 Å². The molecule has 0 fully saturated rings. The van der Waals surface area contributed by atoms with Gasteiger partial charge in [0.1, 0.15) is 5.58 Å². The Morgan fingerprint density at radius 2 is 1.74 bits per heavy atom. The van der Waals surface area contributed by atoms with Gasteiger partial charge in [0.05, 0.1) is 17.1 Å². The highest BCUT2D eigenvalue weighted by molar-refractivity contribution is 9.10. The first-order valence-corrected chi connectivity index (χ1v) is 14.7. The van der Waals surface area contributed by atoms with Gasteiger partial charge in [0, 0.05) is 48.6 Å². The van der Waals surface area contributed by atoms with Crippen LogP contribution in [-0.4, -0.2) is 20.4 Å². The highest BCUT2D eigenvalue weighted by Crippen LogP contribution is 2.31. The number of fused-ring (bicyclic) bond motifs is 3. The number of nitrogens with zero attached hydrogens (tertiary/aromatic N) is 4. The van der Waals surface area contributed by atoms with Gasteiger partial charge in [-0.25, -0.2) is 4.98 Å². The second-order valence-electron chi connectivity index (χ2n) is 9.94. The molecule has 0 saturated heterocycles. The molecule has 0 aliphatic carbocycles. The molecule has 0 amide bonds. The van der Waals surface area contributed by atoms with Crippen LogP contribution in [0.2, 0.25) is 10.0 Å². The second kappa shape index (κ2) is 10.6. The van der Waals surface area contributed by atoms with Crippen LogP contribution in [-0.2, 0) is 6.54 Å². The van der Waals surface area contributed by atoms with Crippen LogP contribution in [0.1, 0.15) is 16.8 Å². The molecule has 0 unspecified atom stereocenters. The molecule has 0 aliphatic heterocycles. The summed E-state index contributed by atoms with van der Waals surface area (Å²) in [7, 11) is 0. The van der Waals surface area contributed by atoms with Crippen LogP contribution in [0, 0.1) is 6.92 Å². The lowest BCUT2D eigenvalue weighted by molar-refractivity contribution is 0.616. The van der Waals surface area contributed by atoms with Gasteiger partial charge in [-0.3, -0.25) is 4.79 Å². The average molecular weight is 656 g/mol. The first kappa shape index (κ1) is 26.7. The molecule has 0 N–H and O–H groups in total. The van der Waals surface area contributed by atoms with Gasteiger partial charge in [0.15, 0.2) is 5.76 Å². The minimum atomic E-state index is -0.289. The number of hydrogen-bond acceptors (Lipinski definition) is 4. The van der Waals surface area contributed by atoms with E-state index in [1.165, 1.54) is 4.68 Å². The number of aromatic nitrogens is 3. The molecule has 0 saturated carbocycles. The number of halogens is 3. The number of hydrogen-bond donors (Lipinski definition) is 0. The largest absolute Gasteiger partial charge is 0.453 e. The molecular weight excluding hydrogens is 635 g/mol. The van der Waals surface area contributed by atoms with E-state index in [-0.39, 0.29) is 5.56 Å². The summed E-state index contributed by atoms with van der Waals surface area (Å²) in [6, 6.07) is 28.5. The molecule has 42 heavy (non-hydrogen) atoms. The van der Waals surface area contributed by atoms with E-state index in [1.807, 2.05) is 79.7 Å². The number of furan rings is 1. The molecule has 9 heteroatoms. The fourth-order valence-electron chi connectivity index (χ4n) is 5.27. The third-order valence-electron chi connectivity index (χ3n) is 7.38. The van der Waals surface area contributed by atoms with Crippen LogP contribution in [0.5, 0.6) is 0 Å². The molecule has 0 radical (unpaired) electrons. The van der Waals surface area contributed by atoms with Crippen LogP contribution < -0.4 is 5.56 Å². The smallest absolute Gasteiger partial charge is 0.282 e. The number of rotatable bonds is 5. The zero-order chi connectivity index (χ0) is 29.0. The van der Waals surface area contributed by atoms with Crippen molar-refractivity contribution >= 4 is 78.1 Å². The van der Waals surface area contributed by atoms with Gasteiger partial charge in [-0.1, -0.05) is 75.5 Å². The van der Waals surface area contributed by atoms with Gasteiger partial charge >= 0.3 is 0 Å². The van der Waals surface area contributed by atoms with Gasteiger partial charge < -0.3 is 8.98 Å². The van der Waals surface area contributed by atoms with E-state index in [4.69, 9.17) is 37.7 Å². The van der Waals surface area contributed by atoms with Crippen LogP contribution >= 0.6 is 39.1 Å². The molecule has 7 aromatic rings. The zero-order valence-electron chi connectivity index (χ0n) is 22.2. The highest BCUT2D eigenvalue weighted by atomic mass is 79.9. The van der Waals surface area contributed by atoms with E-state index in [0.717, 1.165) is 37.6 Å². The molecule has 0 aliphatic rings. The lowest BCUT2D eigenvalue weighted by Crippen LogP contribution is -2.20. The van der Waals surface area contributed by atoms with Gasteiger partial charge in [0.2, 0.25) is 5.82 Å². The summed E-state index contributed by atoms with van der Waals surface area (Å²) in [4.78, 5) is 18.6. The van der Waals surface area contributed by atoms with E-state index in [1.54, 1.807) is 18.3 Å². The van der Waals surface area contributed by atoms with E-state index in [0.29, 0.717) is 44.7 Å².